The van der Waals surface area contributed by atoms with Gasteiger partial charge in [0.1, 0.15) is 11.4 Å². The van der Waals surface area contributed by atoms with Gasteiger partial charge in [0, 0.05) is 18.1 Å². The van der Waals surface area contributed by atoms with Gasteiger partial charge < -0.3 is 10.1 Å². The van der Waals surface area contributed by atoms with Crippen LogP contribution in [0.1, 0.15) is 30.6 Å². The third-order valence-electron chi connectivity index (χ3n) is 3.54. The van der Waals surface area contributed by atoms with E-state index in [2.05, 4.69) is 5.32 Å². The van der Waals surface area contributed by atoms with E-state index in [0.29, 0.717) is 17.7 Å². The predicted molar refractivity (Wildman–Crippen MR) is 92.9 cm³/mol. The molecule has 1 amide bonds. The number of hydrogen-bond donors (Lipinski definition) is 1. The molecule has 0 aromatic heterocycles. The quantitative estimate of drug-likeness (QED) is 0.471. The van der Waals surface area contributed by atoms with Crippen LogP contribution >= 0.6 is 0 Å². The molecule has 7 heteroatoms. The summed E-state index contributed by atoms with van der Waals surface area (Å²) in [7, 11) is 0. The van der Waals surface area contributed by atoms with Crippen LogP contribution in [-0.2, 0) is 4.79 Å². The van der Waals surface area contributed by atoms with E-state index in [-0.39, 0.29) is 17.2 Å². The second kappa shape index (κ2) is 8.05. The average Bonchev–Trinajstić information content (AvgIpc) is 2.61. The average molecular weight is 342 g/mol. The van der Waals surface area contributed by atoms with Crippen molar-refractivity contribution in [1.29, 1.82) is 0 Å². The lowest BCUT2D eigenvalue weighted by Crippen LogP contribution is -2.30. The van der Waals surface area contributed by atoms with Gasteiger partial charge in [0.05, 0.1) is 4.92 Å². The lowest BCUT2D eigenvalue weighted by Gasteiger charge is -2.15. The molecular weight excluding hydrogens is 324 g/mol. The van der Waals surface area contributed by atoms with Crippen molar-refractivity contribution in [3.05, 3.63) is 64.2 Å². The molecule has 0 unspecified atom stereocenters. The normalized spacial score (nSPS) is 11.4. The molecule has 0 spiro atoms. The minimum atomic E-state index is -0.868. The van der Waals surface area contributed by atoms with Gasteiger partial charge in [-0.3, -0.25) is 19.7 Å². The summed E-state index contributed by atoms with van der Waals surface area (Å²) < 4.78 is 5.52. The molecule has 0 heterocycles. The van der Waals surface area contributed by atoms with E-state index in [4.69, 9.17) is 4.74 Å². The largest absolute Gasteiger partial charge is 0.481 e. The van der Waals surface area contributed by atoms with E-state index < -0.39 is 16.9 Å². The fourth-order valence-electron chi connectivity index (χ4n) is 2.15. The van der Waals surface area contributed by atoms with Crippen LogP contribution in [0.5, 0.6) is 5.75 Å². The number of nitro groups is 1. The van der Waals surface area contributed by atoms with Gasteiger partial charge in [-0.25, -0.2) is 0 Å². The SMILES string of the molecule is CCC(=O)c1ccc(O[C@@H](C)C(=O)Nc2ccccc2[N+](=O)[O-])cc1. The van der Waals surface area contributed by atoms with Crippen molar-refractivity contribution in [1.82, 2.24) is 0 Å². The van der Waals surface area contributed by atoms with Gasteiger partial charge in [-0.1, -0.05) is 19.1 Å². The molecule has 0 aliphatic carbocycles. The first kappa shape index (κ1) is 18.1. The number of ketones is 1. The number of nitrogens with zero attached hydrogens (tertiary/aromatic N) is 1. The van der Waals surface area contributed by atoms with Crippen molar-refractivity contribution >= 4 is 23.1 Å². The maximum atomic E-state index is 12.2. The van der Waals surface area contributed by atoms with Crippen LogP contribution in [0.2, 0.25) is 0 Å². The third-order valence-corrected chi connectivity index (χ3v) is 3.54. The second-order valence-corrected chi connectivity index (χ2v) is 5.32. The van der Waals surface area contributed by atoms with Crippen LogP contribution in [0.4, 0.5) is 11.4 Å². The number of nitrogens with one attached hydrogen (secondary N) is 1. The molecule has 0 aliphatic heterocycles. The summed E-state index contributed by atoms with van der Waals surface area (Å²) in [5, 5.41) is 13.5. The van der Waals surface area contributed by atoms with Crippen LogP contribution in [0.15, 0.2) is 48.5 Å². The smallest absolute Gasteiger partial charge is 0.292 e. The number of hydrogen-bond acceptors (Lipinski definition) is 5. The van der Waals surface area contributed by atoms with Gasteiger partial charge in [0.15, 0.2) is 11.9 Å². The number of carbonyl (C=O) groups is 2. The van der Waals surface area contributed by atoms with E-state index in [1.165, 1.54) is 25.1 Å². The molecule has 0 aliphatic rings. The maximum absolute atomic E-state index is 12.2. The third kappa shape index (κ3) is 4.63. The molecule has 0 fully saturated rings. The summed E-state index contributed by atoms with van der Waals surface area (Å²) in [5.74, 6) is -0.0606. The lowest BCUT2D eigenvalue weighted by molar-refractivity contribution is -0.383. The molecule has 2 rings (SSSR count). The van der Waals surface area contributed by atoms with Crippen LogP contribution in [0.25, 0.3) is 0 Å². The molecule has 0 bridgehead atoms. The minimum absolute atomic E-state index is 0.0220. The van der Waals surface area contributed by atoms with Gasteiger partial charge in [0.25, 0.3) is 11.6 Å². The van der Waals surface area contributed by atoms with Crippen molar-refractivity contribution in [2.24, 2.45) is 0 Å². The fraction of sp³-hybridized carbons (Fsp3) is 0.222. The number of ether oxygens (including phenoxy) is 1. The second-order valence-electron chi connectivity index (χ2n) is 5.32. The maximum Gasteiger partial charge on any atom is 0.292 e. The van der Waals surface area contributed by atoms with Crippen molar-refractivity contribution in [2.45, 2.75) is 26.4 Å². The number of rotatable bonds is 7. The summed E-state index contributed by atoms with van der Waals surface area (Å²) in [6.45, 7) is 3.32. The highest BCUT2D eigenvalue weighted by molar-refractivity contribution is 5.96. The lowest BCUT2D eigenvalue weighted by atomic mass is 10.1. The molecule has 1 N–H and O–H groups in total. The Morgan fingerprint density at radius 2 is 1.80 bits per heavy atom. The highest BCUT2D eigenvalue weighted by Gasteiger charge is 2.20. The number of nitro benzene ring substituents is 1. The Kier molecular flexibility index (Phi) is 5.84. The zero-order valence-corrected chi connectivity index (χ0v) is 13.9. The Bertz CT molecular complexity index is 786. The Labute approximate surface area is 144 Å². The Balaban J connectivity index is 2.03. The first-order valence-corrected chi connectivity index (χ1v) is 7.76. The molecule has 1 atom stereocenters. The number of carbonyl (C=O) groups excluding carboxylic acids is 2. The minimum Gasteiger partial charge on any atom is -0.481 e. The van der Waals surface area contributed by atoms with Crippen molar-refractivity contribution in [2.75, 3.05) is 5.32 Å². The molecule has 2 aromatic rings. The van der Waals surface area contributed by atoms with E-state index in [1.807, 2.05) is 0 Å². The van der Waals surface area contributed by atoms with Gasteiger partial charge in [-0.15, -0.1) is 0 Å². The monoisotopic (exact) mass is 342 g/mol. The summed E-state index contributed by atoms with van der Waals surface area (Å²) in [6.07, 6.45) is -0.456. The van der Waals surface area contributed by atoms with Gasteiger partial charge in [-0.2, -0.15) is 0 Å². The number of Topliss-reactive ketones (excluding diaryl/α,β-unsaturated/α-hetero) is 1. The van der Waals surface area contributed by atoms with Crippen molar-refractivity contribution in [3.63, 3.8) is 0 Å². The fourth-order valence-corrected chi connectivity index (χ4v) is 2.15. The Hall–Kier alpha value is -3.22. The number of benzene rings is 2. The van der Waals surface area contributed by atoms with Gasteiger partial charge in [0.2, 0.25) is 0 Å². The first-order chi connectivity index (χ1) is 11.9. The molecule has 0 saturated carbocycles. The Morgan fingerprint density at radius 1 is 1.16 bits per heavy atom. The van der Waals surface area contributed by atoms with Crippen LogP contribution in [0, 0.1) is 10.1 Å². The number of para-hydroxylation sites is 2. The zero-order chi connectivity index (χ0) is 18.4. The van der Waals surface area contributed by atoms with E-state index in [1.54, 1.807) is 37.3 Å². The van der Waals surface area contributed by atoms with Gasteiger partial charge >= 0.3 is 0 Å². The molecule has 2 aromatic carbocycles. The molecule has 0 saturated heterocycles. The predicted octanol–water partition coefficient (Wildman–Crippen LogP) is 3.59. The van der Waals surface area contributed by atoms with E-state index >= 15 is 0 Å². The summed E-state index contributed by atoms with van der Waals surface area (Å²) in [6, 6.07) is 12.4. The number of anilines is 1. The van der Waals surface area contributed by atoms with Crippen molar-refractivity contribution in [3.8, 4) is 5.75 Å². The topological polar surface area (TPSA) is 98.5 Å². The summed E-state index contributed by atoms with van der Waals surface area (Å²) in [4.78, 5) is 34.2. The summed E-state index contributed by atoms with van der Waals surface area (Å²) in [5.41, 5.74) is 0.495. The number of amides is 1. The Morgan fingerprint density at radius 3 is 2.40 bits per heavy atom. The van der Waals surface area contributed by atoms with Crippen molar-refractivity contribution < 1.29 is 19.2 Å². The van der Waals surface area contributed by atoms with E-state index in [9.17, 15) is 19.7 Å². The first-order valence-electron chi connectivity index (χ1n) is 7.76. The zero-order valence-electron chi connectivity index (χ0n) is 13.9. The highest BCUT2D eigenvalue weighted by atomic mass is 16.6. The molecule has 7 nitrogen and oxygen atoms in total. The standard InChI is InChI=1S/C18H18N2O5/c1-3-17(21)13-8-10-14(11-9-13)25-12(2)18(22)19-15-6-4-5-7-16(15)20(23)24/h4-12H,3H2,1-2H3,(H,19,22)/t12-/m0/s1. The molecular formula is C18H18N2O5. The molecule has 25 heavy (non-hydrogen) atoms. The van der Waals surface area contributed by atoms with Crippen LogP contribution in [-0.4, -0.2) is 22.7 Å². The summed E-state index contributed by atoms with van der Waals surface area (Å²) >= 11 is 0. The molecule has 0 radical (unpaired) electrons. The van der Waals surface area contributed by atoms with Crippen LogP contribution < -0.4 is 10.1 Å². The van der Waals surface area contributed by atoms with Gasteiger partial charge in [-0.05, 0) is 37.3 Å². The van der Waals surface area contributed by atoms with Crippen LogP contribution in [0.3, 0.4) is 0 Å². The highest BCUT2D eigenvalue weighted by Crippen LogP contribution is 2.23. The van der Waals surface area contributed by atoms with E-state index in [0.717, 1.165) is 0 Å². The molecule has 130 valence electrons.